The van der Waals surface area contributed by atoms with E-state index >= 15 is 0 Å². The summed E-state index contributed by atoms with van der Waals surface area (Å²) in [7, 11) is 0. The van der Waals surface area contributed by atoms with Gasteiger partial charge in [-0.15, -0.1) is 0 Å². The van der Waals surface area contributed by atoms with Gasteiger partial charge >= 0.3 is 0 Å². The number of benzene rings is 1. The van der Waals surface area contributed by atoms with Crippen LogP contribution in [0.15, 0.2) is 36.7 Å². The molecule has 0 saturated carbocycles. The molecule has 0 bridgehead atoms. The maximum atomic E-state index is 13.3. The highest BCUT2D eigenvalue weighted by Crippen LogP contribution is 2.27. The van der Waals surface area contributed by atoms with Crippen LogP contribution in [0.25, 0.3) is 0 Å². The number of pyridine rings is 1. The summed E-state index contributed by atoms with van der Waals surface area (Å²) in [5, 5.41) is 4.02. The van der Waals surface area contributed by atoms with E-state index in [1.807, 2.05) is 32.0 Å². The number of rotatable bonds is 4. The molecule has 0 radical (unpaired) electrons. The molecule has 100 valence electrons. The van der Waals surface area contributed by atoms with E-state index in [9.17, 15) is 4.39 Å². The van der Waals surface area contributed by atoms with Gasteiger partial charge in [0.2, 0.25) is 0 Å². The van der Waals surface area contributed by atoms with E-state index in [0.29, 0.717) is 5.02 Å². The summed E-state index contributed by atoms with van der Waals surface area (Å²) in [6.45, 7) is 4.80. The van der Waals surface area contributed by atoms with E-state index in [1.54, 1.807) is 6.20 Å². The molecule has 4 heteroatoms. The van der Waals surface area contributed by atoms with Crippen molar-refractivity contribution in [1.29, 1.82) is 0 Å². The monoisotopic (exact) mass is 278 g/mol. The Labute approximate surface area is 117 Å². The first-order valence-electron chi connectivity index (χ1n) is 6.21. The average Bonchev–Trinajstić information content (AvgIpc) is 2.39. The van der Waals surface area contributed by atoms with Gasteiger partial charge in [0.05, 0.1) is 12.2 Å². The van der Waals surface area contributed by atoms with Crippen LogP contribution in [0.1, 0.15) is 29.7 Å². The highest BCUT2D eigenvalue weighted by molar-refractivity contribution is 6.30. The normalized spacial score (nSPS) is 12.4. The van der Waals surface area contributed by atoms with E-state index in [2.05, 4.69) is 10.3 Å². The Balaban J connectivity index is 2.48. The van der Waals surface area contributed by atoms with Gasteiger partial charge in [-0.3, -0.25) is 4.98 Å². The van der Waals surface area contributed by atoms with Crippen LogP contribution in [0.2, 0.25) is 5.02 Å². The Morgan fingerprint density at radius 3 is 2.79 bits per heavy atom. The Bertz CT molecular complexity index is 572. The maximum Gasteiger partial charge on any atom is 0.141 e. The zero-order valence-corrected chi connectivity index (χ0v) is 11.7. The van der Waals surface area contributed by atoms with E-state index < -0.39 is 0 Å². The number of nitrogens with one attached hydrogen (secondary N) is 1. The van der Waals surface area contributed by atoms with Crippen LogP contribution in [-0.2, 0) is 0 Å². The van der Waals surface area contributed by atoms with Crippen molar-refractivity contribution < 1.29 is 4.39 Å². The van der Waals surface area contributed by atoms with Crippen molar-refractivity contribution in [2.45, 2.75) is 19.9 Å². The minimum atomic E-state index is -0.333. The van der Waals surface area contributed by atoms with E-state index in [-0.39, 0.29) is 11.9 Å². The summed E-state index contributed by atoms with van der Waals surface area (Å²) >= 11 is 6.06. The van der Waals surface area contributed by atoms with Gasteiger partial charge in [0.25, 0.3) is 0 Å². The predicted molar refractivity (Wildman–Crippen MR) is 75.9 cm³/mol. The Morgan fingerprint density at radius 2 is 2.11 bits per heavy atom. The summed E-state index contributed by atoms with van der Waals surface area (Å²) in [6.07, 6.45) is 2.88. The summed E-state index contributed by atoms with van der Waals surface area (Å²) in [6, 6.07) is 7.13. The highest BCUT2D eigenvalue weighted by atomic mass is 35.5. The van der Waals surface area contributed by atoms with Crippen LogP contribution in [0.3, 0.4) is 0 Å². The van der Waals surface area contributed by atoms with Crippen molar-refractivity contribution in [1.82, 2.24) is 10.3 Å². The number of hydrogen-bond donors (Lipinski definition) is 1. The van der Waals surface area contributed by atoms with Gasteiger partial charge in [-0.25, -0.2) is 4.39 Å². The summed E-state index contributed by atoms with van der Waals surface area (Å²) in [5.41, 5.74) is 2.95. The van der Waals surface area contributed by atoms with Gasteiger partial charge in [-0.05, 0) is 48.4 Å². The topological polar surface area (TPSA) is 24.9 Å². The number of aromatic nitrogens is 1. The van der Waals surface area contributed by atoms with Crippen molar-refractivity contribution in [2.24, 2.45) is 0 Å². The fraction of sp³-hybridized carbons (Fsp3) is 0.267. The number of hydrogen-bond acceptors (Lipinski definition) is 2. The van der Waals surface area contributed by atoms with Gasteiger partial charge in [0.15, 0.2) is 0 Å². The lowest BCUT2D eigenvalue weighted by Crippen LogP contribution is -2.23. The maximum absolute atomic E-state index is 13.3. The van der Waals surface area contributed by atoms with Gasteiger partial charge < -0.3 is 5.32 Å². The van der Waals surface area contributed by atoms with Crippen molar-refractivity contribution in [3.05, 3.63) is 64.2 Å². The number of aryl methyl sites for hydroxylation is 1. The lowest BCUT2D eigenvalue weighted by Gasteiger charge is -2.21. The molecule has 1 aromatic heterocycles. The molecular formula is C15H16ClFN2. The molecule has 0 aliphatic heterocycles. The molecule has 0 fully saturated rings. The smallest absolute Gasteiger partial charge is 0.141 e. The Kier molecular flexibility index (Phi) is 4.51. The molecule has 1 aromatic carbocycles. The molecule has 19 heavy (non-hydrogen) atoms. The lowest BCUT2D eigenvalue weighted by atomic mass is 9.96. The molecule has 2 aromatic rings. The molecule has 1 N–H and O–H groups in total. The summed E-state index contributed by atoms with van der Waals surface area (Å²) in [5.74, 6) is -0.333. The van der Waals surface area contributed by atoms with Crippen molar-refractivity contribution in [2.75, 3.05) is 6.54 Å². The lowest BCUT2D eigenvalue weighted by molar-refractivity contribution is 0.595. The van der Waals surface area contributed by atoms with Crippen molar-refractivity contribution >= 4 is 11.6 Å². The first-order chi connectivity index (χ1) is 9.11. The number of nitrogens with zero attached hydrogens (tertiary/aromatic N) is 1. The summed E-state index contributed by atoms with van der Waals surface area (Å²) < 4.78 is 13.3. The van der Waals surface area contributed by atoms with Crippen LogP contribution in [-0.4, -0.2) is 11.5 Å². The van der Waals surface area contributed by atoms with E-state index in [1.165, 1.54) is 12.3 Å². The van der Waals surface area contributed by atoms with Crippen LogP contribution in [0.4, 0.5) is 4.39 Å². The fourth-order valence-electron chi connectivity index (χ4n) is 2.12. The van der Waals surface area contributed by atoms with Gasteiger partial charge in [-0.1, -0.05) is 24.6 Å². The average molecular weight is 279 g/mol. The van der Waals surface area contributed by atoms with Gasteiger partial charge in [0.1, 0.15) is 5.82 Å². The van der Waals surface area contributed by atoms with E-state index in [0.717, 1.165) is 23.2 Å². The predicted octanol–water partition coefficient (Wildman–Crippen LogP) is 3.88. The molecule has 2 nitrogen and oxygen atoms in total. The second-order valence-corrected chi connectivity index (χ2v) is 4.86. The van der Waals surface area contributed by atoms with Crippen molar-refractivity contribution in [3.63, 3.8) is 0 Å². The minimum Gasteiger partial charge on any atom is -0.306 e. The molecule has 0 amide bonds. The standard InChI is InChI=1S/C15H16ClFN2/c1-3-19-15(11-6-13(17)9-18-8-11)14-7-12(16)5-4-10(14)2/h4-9,15,19H,3H2,1-2H3. The molecule has 1 atom stereocenters. The first kappa shape index (κ1) is 14.0. The van der Waals surface area contributed by atoms with E-state index in [4.69, 9.17) is 11.6 Å². The zero-order valence-electron chi connectivity index (χ0n) is 11.0. The third-order valence-electron chi connectivity index (χ3n) is 3.02. The van der Waals surface area contributed by atoms with Crippen LogP contribution in [0.5, 0.6) is 0 Å². The third kappa shape index (κ3) is 3.31. The number of halogens is 2. The fourth-order valence-corrected chi connectivity index (χ4v) is 2.30. The Morgan fingerprint density at radius 1 is 1.32 bits per heavy atom. The molecule has 0 aliphatic rings. The highest BCUT2D eigenvalue weighted by Gasteiger charge is 2.16. The summed E-state index contributed by atoms with van der Waals surface area (Å²) in [4.78, 5) is 3.92. The van der Waals surface area contributed by atoms with Crippen LogP contribution < -0.4 is 5.32 Å². The minimum absolute atomic E-state index is 0.105. The van der Waals surface area contributed by atoms with Crippen LogP contribution >= 0.6 is 11.6 Å². The Hall–Kier alpha value is -1.45. The second kappa shape index (κ2) is 6.13. The quantitative estimate of drug-likeness (QED) is 0.918. The van der Waals surface area contributed by atoms with Crippen LogP contribution in [0, 0.1) is 12.7 Å². The zero-order chi connectivity index (χ0) is 13.8. The second-order valence-electron chi connectivity index (χ2n) is 4.43. The molecule has 0 aliphatic carbocycles. The third-order valence-corrected chi connectivity index (χ3v) is 3.25. The molecular weight excluding hydrogens is 263 g/mol. The van der Waals surface area contributed by atoms with Gasteiger partial charge in [0, 0.05) is 11.2 Å². The molecule has 2 rings (SSSR count). The largest absolute Gasteiger partial charge is 0.306 e. The molecule has 0 spiro atoms. The molecule has 1 unspecified atom stereocenters. The van der Waals surface area contributed by atoms with Gasteiger partial charge in [-0.2, -0.15) is 0 Å². The first-order valence-corrected chi connectivity index (χ1v) is 6.59. The molecule has 1 heterocycles. The SMILES string of the molecule is CCNC(c1cncc(F)c1)c1cc(Cl)ccc1C. The van der Waals surface area contributed by atoms with Crippen molar-refractivity contribution in [3.8, 4) is 0 Å². The molecule has 0 saturated heterocycles.